The first-order valence-corrected chi connectivity index (χ1v) is 4.75. The van der Waals surface area contributed by atoms with Gasteiger partial charge in [-0.05, 0) is 22.6 Å². The molecule has 2 rings (SSSR count). The molecule has 2 heterocycles. The van der Waals surface area contributed by atoms with E-state index in [0.29, 0.717) is 5.82 Å². The van der Waals surface area contributed by atoms with E-state index < -0.39 is 0 Å². The van der Waals surface area contributed by atoms with Crippen molar-refractivity contribution in [1.82, 2.24) is 20.0 Å². The van der Waals surface area contributed by atoms with Crippen LogP contribution in [0.4, 0.5) is 5.82 Å². The topological polar surface area (TPSA) is 72.5 Å². The number of nitrogen functional groups attached to an aromatic ring is 1. The van der Waals surface area contributed by atoms with Crippen LogP contribution in [-0.2, 0) is 7.05 Å². The van der Waals surface area contributed by atoms with Crippen LogP contribution in [-0.4, -0.2) is 20.0 Å². The van der Waals surface area contributed by atoms with Crippen LogP contribution in [0.25, 0.3) is 11.3 Å². The standard InChI is InChI=1S/C7H8IN5/c1-13-7(8)4(3-10-13)5-2-6(9)12-11-5/h2-3H,1H3,(H3,9,11,12). The van der Waals surface area contributed by atoms with Crippen LogP contribution < -0.4 is 5.73 Å². The van der Waals surface area contributed by atoms with Gasteiger partial charge in [0.25, 0.3) is 0 Å². The summed E-state index contributed by atoms with van der Waals surface area (Å²) < 4.78 is 2.86. The summed E-state index contributed by atoms with van der Waals surface area (Å²) >= 11 is 2.22. The smallest absolute Gasteiger partial charge is 0.145 e. The van der Waals surface area contributed by atoms with Gasteiger partial charge in [0.15, 0.2) is 0 Å². The van der Waals surface area contributed by atoms with E-state index >= 15 is 0 Å². The Hall–Kier alpha value is -1.05. The summed E-state index contributed by atoms with van der Waals surface area (Å²) in [6.45, 7) is 0. The summed E-state index contributed by atoms with van der Waals surface area (Å²) in [5, 5.41) is 10.8. The lowest BCUT2D eigenvalue weighted by Gasteiger charge is -1.93. The molecule has 0 bridgehead atoms. The Balaban J connectivity index is 2.52. The van der Waals surface area contributed by atoms with Crippen LogP contribution in [0.5, 0.6) is 0 Å². The van der Waals surface area contributed by atoms with Crippen LogP contribution in [0.2, 0.25) is 0 Å². The number of aryl methyl sites for hydroxylation is 1. The second-order valence-electron chi connectivity index (χ2n) is 2.68. The number of H-pyrrole nitrogens is 1. The zero-order valence-corrected chi connectivity index (χ0v) is 9.11. The van der Waals surface area contributed by atoms with Crippen molar-refractivity contribution in [2.45, 2.75) is 0 Å². The van der Waals surface area contributed by atoms with Crippen LogP contribution in [0.1, 0.15) is 0 Å². The van der Waals surface area contributed by atoms with E-state index in [1.54, 1.807) is 16.9 Å². The molecule has 0 saturated carbocycles. The first kappa shape index (κ1) is 8.54. The first-order chi connectivity index (χ1) is 6.18. The summed E-state index contributed by atoms with van der Waals surface area (Å²) in [5.74, 6) is 0.495. The fourth-order valence-electron chi connectivity index (χ4n) is 1.08. The number of aromatic nitrogens is 4. The van der Waals surface area contributed by atoms with Crippen molar-refractivity contribution in [3.05, 3.63) is 16.0 Å². The summed E-state index contributed by atoms with van der Waals surface area (Å²) in [6, 6.07) is 1.79. The molecule has 0 aliphatic carbocycles. The molecule has 0 saturated heterocycles. The largest absolute Gasteiger partial charge is 0.382 e. The van der Waals surface area contributed by atoms with Crippen LogP contribution >= 0.6 is 22.6 Å². The maximum Gasteiger partial charge on any atom is 0.145 e. The van der Waals surface area contributed by atoms with Crippen molar-refractivity contribution in [3.63, 3.8) is 0 Å². The molecule has 0 aromatic carbocycles. The highest BCUT2D eigenvalue weighted by Crippen LogP contribution is 2.23. The molecule has 2 aromatic heterocycles. The first-order valence-electron chi connectivity index (χ1n) is 3.67. The molecule has 0 aliphatic rings. The molecule has 2 aromatic rings. The van der Waals surface area contributed by atoms with Gasteiger partial charge in [-0.25, -0.2) is 0 Å². The van der Waals surface area contributed by atoms with Crippen molar-refractivity contribution in [1.29, 1.82) is 0 Å². The van der Waals surface area contributed by atoms with Gasteiger partial charge >= 0.3 is 0 Å². The third kappa shape index (κ3) is 1.41. The van der Waals surface area contributed by atoms with E-state index in [0.717, 1.165) is 15.0 Å². The maximum absolute atomic E-state index is 5.50. The third-order valence-electron chi connectivity index (χ3n) is 1.75. The molecule has 0 unspecified atom stereocenters. The Morgan fingerprint density at radius 1 is 1.62 bits per heavy atom. The minimum atomic E-state index is 0.495. The summed E-state index contributed by atoms with van der Waals surface area (Å²) in [7, 11) is 1.89. The molecule has 0 spiro atoms. The van der Waals surface area contributed by atoms with Gasteiger partial charge < -0.3 is 5.73 Å². The highest BCUT2D eigenvalue weighted by molar-refractivity contribution is 14.1. The van der Waals surface area contributed by atoms with Gasteiger partial charge in [0.05, 0.1) is 17.5 Å². The molecule has 0 radical (unpaired) electrons. The Bertz CT molecular complexity index is 430. The Kier molecular flexibility index (Phi) is 1.98. The fraction of sp³-hybridized carbons (Fsp3) is 0.143. The fourth-order valence-corrected chi connectivity index (χ4v) is 1.63. The van der Waals surface area contributed by atoms with Crippen LogP contribution in [0, 0.1) is 3.70 Å². The van der Waals surface area contributed by atoms with Gasteiger partial charge in [-0.1, -0.05) is 0 Å². The molecule has 0 amide bonds. The molecule has 3 N–H and O–H groups in total. The van der Waals surface area contributed by atoms with Gasteiger partial charge in [0, 0.05) is 13.1 Å². The molecule has 0 fully saturated rings. The minimum absolute atomic E-state index is 0.495. The number of nitrogens with two attached hydrogens (primary N) is 1. The lowest BCUT2D eigenvalue weighted by Crippen LogP contribution is -1.92. The molecule has 5 nitrogen and oxygen atoms in total. The van der Waals surface area contributed by atoms with Crippen LogP contribution in [0.3, 0.4) is 0 Å². The quantitative estimate of drug-likeness (QED) is 0.769. The monoisotopic (exact) mass is 289 g/mol. The molecule has 0 atom stereocenters. The zero-order valence-electron chi connectivity index (χ0n) is 6.95. The highest BCUT2D eigenvalue weighted by Gasteiger charge is 2.09. The SMILES string of the molecule is Cn1ncc(-c2cc(N)n[nH]2)c1I. The molecular formula is C7H8IN5. The third-order valence-corrected chi connectivity index (χ3v) is 3.03. The van der Waals surface area contributed by atoms with Crippen LogP contribution in [0.15, 0.2) is 12.3 Å². The molecule has 13 heavy (non-hydrogen) atoms. The van der Waals surface area contributed by atoms with Gasteiger partial charge in [-0.15, -0.1) is 0 Å². The number of anilines is 1. The Morgan fingerprint density at radius 3 is 2.85 bits per heavy atom. The van der Waals surface area contributed by atoms with E-state index in [2.05, 4.69) is 37.9 Å². The highest BCUT2D eigenvalue weighted by atomic mass is 127. The van der Waals surface area contributed by atoms with E-state index in [9.17, 15) is 0 Å². The van der Waals surface area contributed by atoms with Crippen molar-refractivity contribution < 1.29 is 0 Å². The number of halogens is 1. The predicted molar refractivity (Wildman–Crippen MR) is 57.9 cm³/mol. The lowest BCUT2D eigenvalue weighted by molar-refractivity contribution is 0.748. The number of hydrogen-bond donors (Lipinski definition) is 2. The average Bonchev–Trinajstić information content (AvgIpc) is 2.62. The molecule has 6 heteroatoms. The maximum atomic E-state index is 5.50. The zero-order chi connectivity index (χ0) is 9.42. The van der Waals surface area contributed by atoms with Gasteiger partial charge in [0.1, 0.15) is 9.52 Å². The van der Waals surface area contributed by atoms with Gasteiger partial charge in [-0.3, -0.25) is 9.78 Å². The van der Waals surface area contributed by atoms with Crippen molar-refractivity contribution >= 4 is 28.4 Å². The molecular weight excluding hydrogens is 281 g/mol. The number of nitrogens with one attached hydrogen (secondary N) is 1. The number of rotatable bonds is 1. The lowest BCUT2D eigenvalue weighted by atomic mass is 10.2. The second-order valence-corrected chi connectivity index (χ2v) is 3.70. The molecule has 68 valence electrons. The number of aromatic amines is 1. The van der Waals surface area contributed by atoms with E-state index in [4.69, 9.17) is 5.73 Å². The van der Waals surface area contributed by atoms with Gasteiger partial charge in [0.2, 0.25) is 0 Å². The average molecular weight is 289 g/mol. The summed E-state index contributed by atoms with van der Waals surface area (Å²) in [5.41, 5.74) is 7.42. The number of hydrogen-bond acceptors (Lipinski definition) is 3. The summed E-state index contributed by atoms with van der Waals surface area (Å²) in [4.78, 5) is 0. The molecule has 0 aliphatic heterocycles. The van der Waals surface area contributed by atoms with Crippen molar-refractivity contribution in [2.24, 2.45) is 7.05 Å². The van der Waals surface area contributed by atoms with Crippen molar-refractivity contribution in [3.8, 4) is 11.3 Å². The van der Waals surface area contributed by atoms with Gasteiger partial charge in [-0.2, -0.15) is 10.2 Å². The Labute approximate surface area is 88.5 Å². The normalized spacial score (nSPS) is 10.6. The number of nitrogens with zero attached hydrogens (tertiary/aromatic N) is 3. The second kappa shape index (κ2) is 3.02. The Morgan fingerprint density at radius 2 is 2.38 bits per heavy atom. The minimum Gasteiger partial charge on any atom is -0.382 e. The summed E-state index contributed by atoms with van der Waals surface area (Å²) in [6.07, 6.45) is 1.79. The predicted octanol–water partition coefficient (Wildman–Crippen LogP) is 0.997. The van der Waals surface area contributed by atoms with Crippen molar-refractivity contribution in [2.75, 3.05) is 5.73 Å². The van der Waals surface area contributed by atoms with E-state index in [-0.39, 0.29) is 0 Å². The van der Waals surface area contributed by atoms with E-state index in [1.165, 1.54) is 0 Å². The van der Waals surface area contributed by atoms with E-state index in [1.807, 2.05) is 7.05 Å².